The lowest BCUT2D eigenvalue weighted by molar-refractivity contribution is 0.482. The summed E-state index contributed by atoms with van der Waals surface area (Å²) in [6.07, 6.45) is 0. The maximum absolute atomic E-state index is 12.8. The first kappa shape index (κ1) is 23.1. The van der Waals surface area contributed by atoms with Gasteiger partial charge in [0.1, 0.15) is 17.3 Å². The van der Waals surface area contributed by atoms with Crippen molar-refractivity contribution in [3.63, 3.8) is 0 Å². The lowest BCUT2D eigenvalue weighted by Gasteiger charge is -2.11. The summed E-state index contributed by atoms with van der Waals surface area (Å²) in [6, 6.07) is 24.3. The number of nitrogens with zero attached hydrogens (tertiary/aromatic N) is 2. The van der Waals surface area contributed by atoms with Crippen LogP contribution in [0.25, 0.3) is 0 Å². The number of sulfonamides is 1. The predicted molar refractivity (Wildman–Crippen MR) is 134 cm³/mol. The van der Waals surface area contributed by atoms with Crippen molar-refractivity contribution >= 4 is 33.2 Å². The smallest absolute Gasteiger partial charge is 0.261 e. The number of aryl methyl sites for hydroxylation is 1. The fraction of sp³-hybridized carbons (Fsp3) is 0.120. The van der Waals surface area contributed by atoms with Crippen molar-refractivity contribution in [2.45, 2.75) is 18.7 Å². The van der Waals surface area contributed by atoms with Gasteiger partial charge in [0.2, 0.25) is 5.95 Å². The SMILES string of the molecule is CCNc1nc(C)cc(Nc2ccc(NS(=O)(=O)c3ccc(Oc4ccccc4)cc3)cc2)n1. The molecule has 3 aromatic carbocycles. The van der Waals surface area contributed by atoms with Crippen molar-refractivity contribution in [2.24, 2.45) is 0 Å². The minimum atomic E-state index is -3.75. The summed E-state index contributed by atoms with van der Waals surface area (Å²) in [5, 5.41) is 6.30. The molecule has 0 atom stereocenters. The summed E-state index contributed by atoms with van der Waals surface area (Å²) in [5.74, 6) is 2.43. The van der Waals surface area contributed by atoms with Crippen LogP contribution in [-0.4, -0.2) is 24.9 Å². The van der Waals surface area contributed by atoms with Crippen LogP contribution in [-0.2, 0) is 10.0 Å². The molecule has 0 saturated carbocycles. The predicted octanol–water partition coefficient (Wildman–Crippen LogP) is 5.55. The van der Waals surface area contributed by atoms with Gasteiger partial charge in [-0.2, -0.15) is 4.98 Å². The van der Waals surface area contributed by atoms with Gasteiger partial charge in [-0.3, -0.25) is 4.72 Å². The number of aromatic nitrogens is 2. The van der Waals surface area contributed by atoms with Gasteiger partial charge in [-0.1, -0.05) is 18.2 Å². The minimum Gasteiger partial charge on any atom is -0.457 e. The molecule has 0 fully saturated rings. The van der Waals surface area contributed by atoms with E-state index in [0.717, 1.165) is 17.9 Å². The Morgan fingerprint density at radius 2 is 1.47 bits per heavy atom. The van der Waals surface area contributed by atoms with E-state index in [9.17, 15) is 8.42 Å². The van der Waals surface area contributed by atoms with Crippen LogP contribution in [0.5, 0.6) is 11.5 Å². The zero-order valence-corrected chi connectivity index (χ0v) is 19.6. The number of para-hydroxylation sites is 1. The van der Waals surface area contributed by atoms with E-state index >= 15 is 0 Å². The summed E-state index contributed by atoms with van der Waals surface area (Å²) in [4.78, 5) is 8.89. The molecule has 0 aliphatic rings. The van der Waals surface area contributed by atoms with Crippen LogP contribution < -0.4 is 20.1 Å². The molecule has 0 amide bonds. The minimum absolute atomic E-state index is 0.141. The Kier molecular flexibility index (Phi) is 6.93. The summed E-state index contributed by atoms with van der Waals surface area (Å²) in [7, 11) is -3.75. The molecule has 1 aromatic heterocycles. The van der Waals surface area contributed by atoms with E-state index in [1.807, 2.05) is 50.2 Å². The molecule has 4 rings (SSSR count). The summed E-state index contributed by atoms with van der Waals surface area (Å²) < 4.78 is 33.9. The first-order valence-corrected chi connectivity index (χ1v) is 12.2. The second-order valence-electron chi connectivity index (χ2n) is 7.44. The van der Waals surface area contributed by atoms with Gasteiger partial charge in [0, 0.05) is 29.7 Å². The number of ether oxygens (including phenoxy) is 1. The number of benzene rings is 3. The van der Waals surface area contributed by atoms with E-state index < -0.39 is 10.0 Å². The van der Waals surface area contributed by atoms with Crippen molar-refractivity contribution in [3.05, 3.63) is 90.6 Å². The van der Waals surface area contributed by atoms with Crippen LogP contribution in [0.2, 0.25) is 0 Å². The molecule has 0 aliphatic carbocycles. The van der Waals surface area contributed by atoms with Gasteiger partial charge in [-0.25, -0.2) is 13.4 Å². The fourth-order valence-corrected chi connectivity index (χ4v) is 4.22. The summed E-state index contributed by atoms with van der Waals surface area (Å²) >= 11 is 0. The number of hydrogen-bond acceptors (Lipinski definition) is 7. The highest BCUT2D eigenvalue weighted by Crippen LogP contribution is 2.25. The molecule has 4 aromatic rings. The largest absolute Gasteiger partial charge is 0.457 e. The Hall–Kier alpha value is -4.11. The van der Waals surface area contributed by atoms with Crippen LogP contribution in [0.3, 0.4) is 0 Å². The number of rotatable bonds is 9. The molecule has 1 heterocycles. The first-order chi connectivity index (χ1) is 16.4. The van der Waals surface area contributed by atoms with Gasteiger partial charge < -0.3 is 15.4 Å². The van der Waals surface area contributed by atoms with Crippen molar-refractivity contribution < 1.29 is 13.2 Å². The average Bonchev–Trinajstić information content (AvgIpc) is 2.81. The van der Waals surface area contributed by atoms with Crippen molar-refractivity contribution in [1.29, 1.82) is 0 Å². The Labute approximate surface area is 199 Å². The van der Waals surface area contributed by atoms with Crippen LogP contribution in [0.1, 0.15) is 12.6 Å². The molecule has 0 aliphatic heterocycles. The molecular weight excluding hydrogens is 450 g/mol. The van der Waals surface area contributed by atoms with E-state index in [-0.39, 0.29) is 4.90 Å². The molecule has 3 N–H and O–H groups in total. The zero-order valence-electron chi connectivity index (χ0n) is 18.8. The maximum atomic E-state index is 12.8. The third-order valence-electron chi connectivity index (χ3n) is 4.71. The van der Waals surface area contributed by atoms with Gasteiger partial charge in [0.15, 0.2) is 0 Å². The molecule has 0 radical (unpaired) electrons. The highest BCUT2D eigenvalue weighted by atomic mass is 32.2. The topological polar surface area (TPSA) is 105 Å². The molecule has 0 bridgehead atoms. The van der Waals surface area contributed by atoms with Crippen LogP contribution >= 0.6 is 0 Å². The number of nitrogens with one attached hydrogen (secondary N) is 3. The van der Waals surface area contributed by atoms with Crippen LogP contribution in [0, 0.1) is 6.92 Å². The second-order valence-corrected chi connectivity index (χ2v) is 9.13. The zero-order chi connectivity index (χ0) is 24.0. The monoisotopic (exact) mass is 475 g/mol. The standard InChI is InChI=1S/C25H25N5O3S/c1-3-26-25-27-18(2)17-24(29-25)28-19-9-11-20(12-10-19)30-34(31,32)23-15-13-22(14-16-23)33-21-7-5-4-6-8-21/h4-17,30H,3H2,1-2H3,(H2,26,27,28,29). The highest BCUT2D eigenvalue weighted by molar-refractivity contribution is 7.92. The van der Waals surface area contributed by atoms with Crippen LogP contribution in [0.15, 0.2) is 89.8 Å². The molecule has 0 unspecified atom stereocenters. The Morgan fingerprint density at radius 3 is 2.15 bits per heavy atom. The average molecular weight is 476 g/mol. The van der Waals surface area contributed by atoms with Gasteiger partial charge in [0.25, 0.3) is 10.0 Å². The molecule has 8 nitrogen and oxygen atoms in total. The third kappa shape index (κ3) is 6.02. The molecule has 0 spiro atoms. The quantitative estimate of drug-likeness (QED) is 0.291. The van der Waals surface area contributed by atoms with Crippen molar-refractivity contribution in [3.8, 4) is 11.5 Å². The van der Waals surface area contributed by atoms with E-state index in [0.29, 0.717) is 29.0 Å². The Morgan fingerprint density at radius 1 is 0.824 bits per heavy atom. The van der Waals surface area contributed by atoms with Gasteiger partial charge in [0.05, 0.1) is 4.90 Å². The first-order valence-electron chi connectivity index (χ1n) is 10.7. The summed E-state index contributed by atoms with van der Waals surface area (Å²) in [5.41, 5.74) is 2.05. The Bertz CT molecular complexity index is 1340. The Balaban J connectivity index is 1.41. The summed E-state index contributed by atoms with van der Waals surface area (Å²) in [6.45, 7) is 4.60. The molecule has 0 saturated heterocycles. The fourth-order valence-electron chi connectivity index (χ4n) is 3.16. The molecule has 34 heavy (non-hydrogen) atoms. The lowest BCUT2D eigenvalue weighted by atomic mass is 10.3. The molecule has 9 heteroatoms. The van der Waals surface area contributed by atoms with Gasteiger partial charge in [-0.15, -0.1) is 0 Å². The van der Waals surface area contributed by atoms with Crippen LogP contribution in [0.4, 0.5) is 23.1 Å². The highest BCUT2D eigenvalue weighted by Gasteiger charge is 2.14. The van der Waals surface area contributed by atoms with E-state index in [2.05, 4.69) is 25.3 Å². The van der Waals surface area contributed by atoms with Crippen molar-refractivity contribution in [2.75, 3.05) is 21.9 Å². The van der Waals surface area contributed by atoms with Crippen molar-refractivity contribution in [1.82, 2.24) is 9.97 Å². The molecular formula is C25H25N5O3S. The molecule has 174 valence electrons. The number of anilines is 4. The normalized spacial score (nSPS) is 11.0. The van der Waals surface area contributed by atoms with E-state index in [1.54, 1.807) is 36.4 Å². The lowest BCUT2D eigenvalue weighted by Crippen LogP contribution is -2.12. The number of hydrogen-bond donors (Lipinski definition) is 3. The van der Waals surface area contributed by atoms with Gasteiger partial charge in [-0.05, 0) is 74.5 Å². The third-order valence-corrected chi connectivity index (χ3v) is 6.11. The van der Waals surface area contributed by atoms with Gasteiger partial charge >= 0.3 is 0 Å². The second kappa shape index (κ2) is 10.2. The van der Waals surface area contributed by atoms with E-state index in [4.69, 9.17) is 4.74 Å². The maximum Gasteiger partial charge on any atom is 0.261 e. The van der Waals surface area contributed by atoms with E-state index in [1.165, 1.54) is 12.1 Å².